The van der Waals surface area contributed by atoms with Crippen LogP contribution in [0.3, 0.4) is 0 Å². The summed E-state index contributed by atoms with van der Waals surface area (Å²) in [7, 11) is 0. The number of carbonyl (C=O) groups is 3. The first-order chi connectivity index (χ1) is 12.0. The number of carbonyl (C=O) groups excluding carboxylic acids is 2. The molecule has 1 aliphatic heterocycles. The molecule has 0 radical (unpaired) electrons. The van der Waals surface area contributed by atoms with Crippen molar-refractivity contribution in [3.63, 3.8) is 0 Å². The molecule has 1 saturated heterocycles. The third-order valence-electron chi connectivity index (χ3n) is 4.18. The van der Waals surface area contributed by atoms with Gasteiger partial charge in [0.1, 0.15) is 5.76 Å². The van der Waals surface area contributed by atoms with E-state index in [0.29, 0.717) is 25.4 Å². The van der Waals surface area contributed by atoms with E-state index in [1.807, 2.05) is 0 Å². The molecule has 0 bridgehead atoms. The number of nitrogens with zero attached hydrogens (tertiary/aromatic N) is 1. The molecular formula is C18H18N2O5. The maximum absolute atomic E-state index is 12.3. The van der Waals surface area contributed by atoms with Crippen LogP contribution < -0.4 is 5.32 Å². The van der Waals surface area contributed by atoms with Crippen LogP contribution in [-0.4, -0.2) is 34.3 Å². The number of amides is 2. The highest BCUT2D eigenvalue weighted by atomic mass is 16.4. The first-order valence-corrected chi connectivity index (χ1v) is 7.93. The van der Waals surface area contributed by atoms with Crippen LogP contribution in [0.5, 0.6) is 0 Å². The van der Waals surface area contributed by atoms with Gasteiger partial charge >= 0.3 is 5.97 Å². The maximum atomic E-state index is 12.3. The second-order valence-corrected chi connectivity index (χ2v) is 5.97. The molecule has 1 fully saturated rings. The molecular weight excluding hydrogens is 324 g/mol. The van der Waals surface area contributed by atoms with Gasteiger partial charge in [0.15, 0.2) is 0 Å². The van der Waals surface area contributed by atoms with Crippen molar-refractivity contribution in [2.45, 2.75) is 19.5 Å². The van der Waals surface area contributed by atoms with Crippen LogP contribution in [0.4, 0.5) is 0 Å². The van der Waals surface area contributed by atoms with E-state index in [1.54, 1.807) is 35.4 Å². The standard InChI is InChI=1S/C18H18N2O5/c21-16-8-14(10-20(16)11-15-2-1-7-25-15)17(22)19-9-12-3-5-13(6-4-12)18(23)24/h1-7,14H,8-11H2,(H,19,22)(H,23,24)/t14-/m0/s1. The lowest BCUT2D eigenvalue weighted by Gasteiger charge is -2.15. The Morgan fingerprint density at radius 3 is 2.64 bits per heavy atom. The summed E-state index contributed by atoms with van der Waals surface area (Å²) in [6, 6.07) is 9.86. The lowest BCUT2D eigenvalue weighted by molar-refractivity contribution is -0.129. The van der Waals surface area contributed by atoms with Gasteiger partial charge in [0.2, 0.25) is 11.8 Å². The van der Waals surface area contributed by atoms with E-state index in [4.69, 9.17) is 9.52 Å². The highest BCUT2D eigenvalue weighted by molar-refractivity contribution is 5.89. The Labute approximate surface area is 144 Å². The summed E-state index contributed by atoms with van der Waals surface area (Å²) >= 11 is 0. The van der Waals surface area contributed by atoms with E-state index in [1.165, 1.54) is 12.1 Å². The summed E-state index contributed by atoms with van der Waals surface area (Å²) in [4.78, 5) is 36.7. The molecule has 1 aromatic carbocycles. The van der Waals surface area contributed by atoms with Gasteiger partial charge in [-0.25, -0.2) is 4.79 Å². The Morgan fingerprint density at radius 1 is 1.24 bits per heavy atom. The molecule has 0 unspecified atom stereocenters. The predicted octanol–water partition coefficient (Wildman–Crippen LogP) is 1.64. The Kier molecular flexibility index (Phi) is 4.83. The molecule has 7 heteroatoms. The van der Waals surface area contributed by atoms with Crippen LogP contribution in [-0.2, 0) is 22.7 Å². The van der Waals surface area contributed by atoms with Crippen LogP contribution in [0.25, 0.3) is 0 Å². The van der Waals surface area contributed by atoms with E-state index in [9.17, 15) is 14.4 Å². The first kappa shape index (κ1) is 16.8. The molecule has 7 nitrogen and oxygen atoms in total. The van der Waals surface area contributed by atoms with Crippen molar-refractivity contribution in [2.24, 2.45) is 5.92 Å². The summed E-state index contributed by atoms with van der Waals surface area (Å²) in [6.45, 7) is 1.02. The van der Waals surface area contributed by atoms with Crippen LogP contribution in [0.15, 0.2) is 47.1 Å². The van der Waals surface area contributed by atoms with Crippen LogP contribution in [0, 0.1) is 5.92 Å². The molecule has 130 valence electrons. The molecule has 2 heterocycles. The number of likely N-dealkylation sites (tertiary alicyclic amines) is 1. The maximum Gasteiger partial charge on any atom is 0.335 e. The average molecular weight is 342 g/mol. The van der Waals surface area contributed by atoms with Gasteiger partial charge in [0.05, 0.1) is 24.3 Å². The number of rotatable bonds is 6. The fourth-order valence-corrected chi connectivity index (χ4v) is 2.79. The largest absolute Gasteiger partial charge is 0.478 e. The normalized spacial score (nSPS) is 16.9. The van der Waals surface area contributed by atoms with Crippen molar-refractivity contribution in [1.29, 1.82) is 0 Å². The first-order valence-electron chi connectivity index (χ1n) is 7.93. The van der Waals surface area contributed by atoms with Crippen molar-refractivity contribution < 1.29 is 23.9 Å². The zero-order valence-electron chi connectivity index (χ0n) is 13.5. The molecule has 2 N–H and O–H groups in total. The van der Waals surface area contributed by atoms with Crippen molar-refractivity contribution in [1.82, 2.24) is 10.2 Å². The minimum atomic E-state index is -0.989. The van der Waals surface area contributed by atoms with Gasteiger partial charge in [-0.1, -0.05) is 12.1 Å². The molecule has 0 saturated carbocycles. The van der Waals surface area contributed by atoms with Gasteiger partial charge in [-0.3, -0.25) is 9.59 Å². The third-order valence-corrected chi connectivity index (χ3v) is 4.18. The summed E-state index contributed by atoms with van der Waals surface area (Å²) in [5.74, 6) is -0.939. The van der Waals surface area contributed by atoms with E-state index >= 15 is 0 Å². The van der Waals surface area contributed by atoms with Gasteiger partial charge in [-0.2, -0.15) is 0 Å². The van der Waals surface area contributed by atoms with Crippen molar-refractivity contribution in [2.75, 3.05) is 6.54 Å². The minimum absolute atomic E-state index is 0.0673. The third kappa shape index (κ3) is 4.06. The fourth-order valence-electron chi connectivity index (χ4n) is 2.79. The number of carboxylic acids is 1. The topological polar surface area (TPSA) is 99.8 Å². The van der Waals surface area contributed by atoms with Crippen molar-refractivity contribution in [3.8, 4) is 0 Å². The Bertz CT molecular complexity index is 767. The van der Waals surface area contributed by atoms with Gasteiger partial charge in [0.25, 0.3) is 0 Å². The lowest BCUT2D eigenvalue weighted by atomic mass is 10.1. The summed E-state index contributed by atoms with van der Waals surface area (Å²) in [5.41, 5.74) is 1.00. The number of hydrogen-bond donors (Lipinski definition) is 2. The molecule has 3 rings (SSSR count). The van der Waals surface area contributed by atoms with Gasteiger partial charge in [0, 0.05) is 19.5 Å². The average Bonchev–Trinajstić information content (AvgIpc) is 3.24. The Morgan fingerprint density at radius 2 is 2.00 bits per heavy atom. The lowest BCUT2D eigenvalue weighted by Crippen LogP contribution is -2.32. The fraction of sp³-hybridized carbons (Fsp3) is 0.278. The number of aromatic carboxylic acids is 1. The Balaban J connectivity index is 1.51. The predicted molar refractivity (Wildman–Crippen MR) is 87.5 cm³/mol. The number of nitrogens with one attached hydrogen (secondary N) is 1. The second kappa shape index (κ2) is 7.21. The number of carboxylic acid groups (broad SMARTS) is 1. The Hall–Kier alpha value is -3.09. The number of furan rings is 1. The van der Waals surface area contributed by atoms with Crippen LogP contribution in [0.1, 0.15) is 28.1 Å². The SMILES string of the molecule is O=C(O)c1ccc(CNC(=O)[C@H]2CC(=O)N(Cc3ccco3)C2)cc1. The molecule has 25 heavy (non-hydrogen) atoms. The monoisotopic (exact) mass is 342 g/mol. The highest BCUT2D eigenvalue weighted by Gasteiger charge is 2.34. The van der Waals surface area contributed by atoms with E-state index in [2.05, 4.69) is 5.32 Å². The smallest absolute Gasteiger partial charge is 0.335 e. The van der Waals surface area contributed by atoms with Gasteiger partial charge in [-0.05, 0) is 29.8 Å². The zero-order valence-corrected chi connectivity index (χ0v) is 13.5. The van der Waals surface area contributed by atoms with E-state index in [-0.39, 0.29) is 29.7 Å². The molecule has 1 aliphatic rings. The summed E-state index contributed by atoms with van der Waals surface area (Å²) in [6.07, 6.45) is 1.74. The van der Waals surface area contributed by atoms with Crippen LogP contribution in [0.2, 0.25) is 0 Å². The van der Waals surface area contributed by atoms with Crippen molar-refractivity contribution in [3.05, 3.63) is 59.5 Å². The number of benzene rings is 1. The van der Waals surface area contributed by atoms with Crippen molar-refractivity contribution >= 4 is 17.8 Å². The van der Waals surface area contributed by atoms with Crippen LogP contribution >= 0.6 is 0 Å². The summed E-state index contributed by atoms with van der Waals surface area (Å²) in [5, 5.41) is 11.7. The summed E-state index contributed by atoms with van der Waals surface area (Å²) < 4.78 is 5.24. The molecule has 1 atom stereocenters. The highest BCUT2D eigenvalue weighted by Crippen LogP contribution is 2.20. The molecule has 2 aromatic rings. The molecule has 0 aliphatic carbocycles. The molecule has 2 amide bonds. The second-order valence-electron chi connectivity index (χ2n) is 5.97. The number of hydrogen-bond acceptors (Lipinski definition) is 4. The molecule has 0 spiro atoms. The van der Waals surface area contributed by atoms with Gasteiger partial charge in [-0.15, -0.1) is 0 Å². The van der Waals surface area contributed by atoms with Gasteiger partial charge < -0.3 is 19.7 Å². The van der Waals surface area contributed by atoms with E-state index in [0.717, 1.165) is 5.56 Å². The quantitative estimate of drug-likeness (QED) is 0.831. The van der Waals surface area contributed by atoms with E-state index < -0.39 is 5.97 Å². The zero-order chi connectivity index (χ0) is 17.8. The minimum Gasteiger partial charge on any atom is -0.478 e. The molecule has 1 aromatic heterocycles.